The fourth-order valence-electron chi connectivity index (χ4n) is 2.57. The van der Waals surface area contributed by atoms with Crippen LogP contribution in [0.5, 0.6) is 0 Å². The van der Waals surface area contributed by atoms with Gasteiger partial charge < -0.3 is 10.4 Å². The molecule has 1 heterocycles. The second-order valence-electron chi connectivity index (χ2n) is 5.05. The monoisotopic (exact) mass is 299 g/mol. The van der Waals surface area contributed by atoms with Crippen LogP contribution in [0.4, 0.5) is 5.69 Å². The van der Waals surface area contributed by atoms with Crippen LogP contribution < -0.4 is 5.32 Å². The average Bonchev–Trinajstić information content (AvgIpc) is 2.54. The van der Waals surface area contributed by atoms with Crippen LogP contribution in [0.15, 0.2) is 48.5 Å². The summed E-state index contributed by atoms with van der Waals surface area (Å²) >= 11 is 1.68. The Morgan fingerprint density at radius 1 is 1.24 bits per heavy atom. The number of thioether (sulfide) groups is 1. The lowest BCUT2D eigenvalue weighted by atomic mass is 10.0. The van der Waals surface area contributed by atoms with Gasteiger partial charge >= 0.3 is 0 Å². The molecular formula is C17H17NO2S. The highest BCUT2D eigenvalue weighted by Crippen LogP contribution is 2.37. The van der Waals surface area contributed by atoms with E-state index >= 15 is 0 Å². The Bertz CT molecular complexity index is 657. The second-order valence-corrected chi connectivity index (χ2v) is 6.26. The molecule has 0 spiro atoms. The van der Waals surface area contributed by atoms with Gasteiger partial charge in [0.25, 0.3) is 0 Å². The maximum atomic E-state index is 12.5. The van der Waals surface area contributed by atoms with Crippen molar-refractivity contribution in [3.8, 4) is 0 Å². The van der Waals surface area contributed by atoms with Crippen molar-refractivity contribution in [2.24, 2.45) is 0 Å². The Morgan fingerprint density at radius 3 is 2.95 bits per heavy atom. The smallest absolute Gasteiger partial charge is 0.242 e. The van der Waals surface area contributed by atoms with E-state index in [9.17, 15) is 4.79 Å². The quantitative estimate of drug-likeness (QED) is 0.915. The Kier molecular flexibility index (Phi) is 4.27. The number of anilines is 1. The zero-order chi connectivity index (χ0) is 14.7. The van der Waals surface area contributed by atoms with E-state index in [4.69, 9.17) is 5.11 Å². The summed E-state index contributed by atoms with van der Waals surface area (Å²) in [5, 5.41) is 12.0. The molecule has 0 saturated heterocycles. The van der Waals surface area contributed by atoms with Crippen LogP contribution in [0.3, 0.4) is 0 Å². The zero-order valence-corrected chi connectivity index (χ0v) is 12.4. The minimum Gasteiger partial charge on any atom is -0.392 e. The molecule has 21 heavy (non-hydrogen) atoms. The van der Waals surface area contributed by atoms with Crippen LogP contribution in [0.2, 0.25) is 0 Å². The van der Waals surface area contributed by atoms with E-state index in [-0.39, 0.29) is 17.8 Å². The molecule has 1 atom stereocenters. The van der Waals surface area contributed by atoms with Gasteiger partial charge in [0, 0.05) is 5.69 Å². The van der Waals surface area contributed by atoms with E-state index in [0.717, 1.165) is 29.0 Å². The van der Waals surface area contributed by atoms with Gasteiger partial charge in [0.1, 0.15) is 5.25 Å². The summed E-state index contributed by atoms with van der Waals surface area (Å²) in [6.07, 6.45) is 1.02. The molecule has 2 aromatic carbocycles. The second kappa shape index (κ2) is 6.33. The van der Waals surface area contributed by atoms with Gasteiger partial charge in [-0.3, -0.25) is 4.79 Å². The van der Waals surface area contributed by atoms with E-state index in [2.05, 4.69) is 11.4 Å². The predicted molar refractivity (Wildman–Crippen MR) is 86.3 cm³/mol. The highest BCUT2D eigenvalue weighted by molar-refractivity contribution is 8.00. The first-order valence-corrected chi connectivity index (χ1v) is 8.03. The molecule has 3 rings (SSSR count). The predicted octanol–water partition coefficient (Wildman–Crippen LogP) is 3.15. The molecule has 2 aromatic rings. The summed E-state index contributed by atoms with van der Waals surface area (Å²) in [5.74, 6) is 0.966. The first-order valence-electron chi connectivity index (χ1n) is 6.98. The van der Waals surface area contributed by atoms with Crippen LogP contribution in [-0.4, -0.2) is 16.8 Å². The number of fused-ring (bicyclic) bond motifs is 1. The van der Waals surface area contributed by atoms with E-state index in [1.54, 1.807) is 17.8 Å². The summed E-state index contributed by atoms with van der Waals surface area (Å²) in [6.45, 7) is -0.0231. The number of hydrogen-bond donors (Lipinski definition) is 2. The summed E-state index contributed by atoms with van der Waals surface area (Å²) < 4.78 is 0. The summed E-state index contributed by atoms with van der Waals surface area (Å²) in [6, 6.07) is 15.5. The van der Waals surface area contributed by atoms with Crippen molar-refractivity contribution < 1.29 is 9.90 Å². The van der Waals surface area contributed by atoms with Crippen molar-refractivity contribution in [3.05, 3.63) is 65.2 Å². The van der Waals surface area contributed by atoms with E-state index in [1.807, 2.05) is 36.4 Å². The highest BCUT2D eigenvalue weighted by atomic mass is 32.2. The van der Waals surface area contributed by atoms with Crippen molar-refractivity contribution in [1.29, 1.82) is 0 Å². The molecule has 0 aliphatic carbocycles. The van der Waals surface area contributed by atoms with Gasteiger partial charge in [-0.05, 0) is 41.0 Å². The maximum Gasteiger partial charge on any atom is 0.242 e. The fourth-order valence-corrected chi connectivity index (χ4v) is 3.76. The molecule has 1 aliphatic rings. The van der Waals surface area contributed by atoms with Gasteiger partial charge in [0.15, 0.2) is 0 Å². The molecule has 1 unspecified atom stereocenters. The van der Waals surface area contributed by atoms with Gasteiger partial charge in [-0.1, -0.05) is 36.4 Å². The Labute approximate surface area is 128 Å². The minimum absolute atomic E-state index is 0.00207. The fraction of sp³-hybridized carbons (Fsp3) is 0.235. The number of aliphatic hydroxyl groups is 1. The molecule has 0 saturated carbocycles. The molecular weight excluding hydrogens is 282 g/mol. The molecule has 1 amide bonds. The maximum absolute atomic E-state index is 12.5. The van der Waals surface area contributed by atoms with Crippen molar-refractivity contribution >= 4 is 23.4 Å². The van der Waals surface area contributed by atoms with Gasteiger partial charge in [-0.15, -0.1) is 11.8 Å². The third-order valence-corrected chi connectivity index (χ3v) is 4.85. The van der Waals surface area contributed by atoms with E-state index in [0.29, 0.717) is 0 Å². The molecule has 0 aromatic heterocycles. The van der Waals surface area contributed by atoms with E-state index in [1.165, 1.54) is 5.56 Å². The molecule has 0 bridgehead atoms. The number of rotatable bonds is 3. The average molecular weight is 299 g/mol. The Hall–Kier alpha value is -1.78. The normalized spacial score (nSPS) is 17.1. The summed E-state index contributed by atoms with van der Waals surface area (Å²) in [5.41, 5.74) is 3.91. The first-order chi connectivity index (χ1) is 10.3. The molecule has 1 aliphatic heterocycles. The lowest BCUT2D eigenvalue weighted by Crippen LogP contribution is -2.23. The summed E-state index contributed by atoms with van der Waals surface area (Å²) in [4.78, 5) is 12.5. The van der Waals surface area contributed by atoms with Crippen LogP contribution >= 0.6 is 11.8 Å². The molecule has 2 N–H and O–H groups in total. The third-order valence-electron chi connectivity index (χ3n) is 3.61. The van der Waals surface area contributed by atoms with Gasteiger partial charge in [0.05, 0.1) is 6.61 Å². The molecule has 108 valence electrons. The topological polar surface area (TPSA) is 49.3 Å². The number of carbonyl (C=O) groups is 1. The molecule has 3 nitrogen and oxygen atoms in total. The SMILES string of the molecule is O=C(Nc1cccc(CO)c1)C1SCCc2ccccc21. The highest BCUT2D eigenvalue weighted by Gasteiger charge is 2.26. The van der Waals surface area contributed by atoms with Crippen LogP contribution in [0.25, 0.3) is 0 Å². The third kappa shape index (κ3) is 3.12. The van der Waals surface area contributed by atoms with Gasteiger partial charge in [-0.2, -0.15) is 0 Å². The lowest BCUT2D eigenvalue weighted by molar-refractivity contribution is -0.115. The largest absolute Gasteiger partial charge is 0.392 e. The molecule has 4 heteroatoms. The number of aryl methyl sites for hydroxylation is 1. The number of nitrogens with one attached hydrogen (secondary N) is 1. The number of hydrogen-bond acceptors (Lipinski definition) is 3. The van der Waals surface area contributed by atoms with Crippen molar-refractivity contribution in [1.82, 2.24) is 0 Å². The zero-order valence-electron chi connectivity index (χ0n) is 11.6. The van der Waals surface area contributed by atoms with Crippen LogP contribution in [0, 0.1) is 0 Å². The summed E-state index contributed by atoms with van der Waals surface area (Å²) in [7, 11) is 0. The van der Waals surface area contributed by atoms with Crippen LogP contribution in [0.1, 0.15) is 21.9 Å². The van der Waals surface area contributed by atoms with Crippen molar-refractivity contribution in [2.45, 2.75) is 18.3 Å². The van der Waals surface area contributed by atoms with E-state index < -0.39 is 0 Å². The first kappa shape index (κ1) is 14.2. The number of carbonyl (C=O) groups excluding carboxylic acids is 1. The minimum atomic E-state index is -0.160. The van der Waals surface area contributed by atoms with Crippen molar-refractivity contribution in [2.75, 3.05) is 11.1 Å². The molecule has 0 radical (unpaired) electrons. The van der Waals surface area contributed by atoms with Crippen molar-refractivity contribution in [3.63, 3.8) is 0 Å². The van der Waals surface area contributed by atoms with Gasteiger partial charge in [0.2, 0.25) is 5.91 Å². The molecule has 0 fully saturated rings. The number of aliphatic hydroxyl groups excluding tert-OH is 1. The number of benzene rings is 2. The number of amides is 1. The Morgan fingerprint density at radius 2 is 2.10 bits per heavy atom. The van der Waals surface area contributed by atoms with Crippen LogP contribution in [-0.2, 0) is 17.8 Å². The standard InChI is InChI=1S/C17H17NO2S/c19-11-12-4-3-6-14(10-12)18-17(20)16-15-7-2-1-5-13(15)8-9-21-16/h1-7,10,16,19H,8-9,11H2,(H,18,20). The Balaban J connectivity index is 1.80. The lowest BCUT2D eigenvalue weighted by Gasteiger charge is -2.24. The van der Waals surface area contributed by atoms with Gasteiger partial charge in [-0.25, -0.2) is 0 Å².